The molecule has 0 aromatic heterocycles. The molecule has 76 valence electrons. The van der Waals surface area contributed by atoms with E-state index in [1.165, 1.54) is 0 Å². The molecule has 1 aliphatic rings. The third-order valence-electron chi connectivity index (χ3n) is 2.62. The second kappa shape index (κ2) is 3.96. The van der Waals surface area contributed by atoms with Gasteiger partial charge in [-0.05, 0) is 19.3 Å². The molecule has 0 aliphatic carbocycles. The van der Waals surface area contributed by atoms with E-state index in [4.69, 9.17) is 5.73 Å². The van der Waals surface area contributed by atoms with Crippen molar-refractivity contribution in [2.75, 3.05) is 27.2 Å². The molecule has 1 saturated heterocycles. The Morgan fingerprint density at radius 3 is 2.62 bits per heavy atom. The summed E-state index contributed by atoms with van der Waals surface area (Å²) in [5.74, 6) is 0.476. The van der Waals surface area contributed by atoms with Crippen LogP contribution in [-0.4, -0.2) is 49.1 Å². The number of nitrogens with zero attached hydrogens (tertiary/aromatic N) is 2. The summed E-state index contributed by atoms with van der Waals surface area (Å²) in [5.41, 5.74) is 5.78. The van der Waals surface area contributed by atoms with Gasteiger partial charge < -0.3 is 15.5 Å². The number of likely N-dealkylation sites (tertiary alicyclic amines) is 1. The van der Waals surface area contributed by atoms with E-state index in [-0.39, 0.29) is 12.1 Å². The molecule has 1 rings (SSSR count). The Morgan fingerprint density at radius 2 is 2.23 bits per heavy atom. The number of rotatable bonds is 1. The van der Waals surface area contributed by atoms with Crippen molar-refractivity contribution in [3.8, 4) is 0 Å². The molecule has 2 amide bonds. The van der Waals surface area contributed by atoms with Gasteiger partial charge in [-0.3, -0.25) is 0 Å². The second-order valence-electron chi connectivity index (χ2n) is 4.03. The van der Waals surface area contributed by atoms with E-state index in [0.717, 1.165) is 19.5 Å². The van der Waals surface area contributed by atoms with Crippen LogP contribution < -0.4 is 5.73 Å². The highest BCUT2D eigenvalue weighted by atomic mass is 16.2. The van der Waals surface area contributed by atoms with Crippen LogP contribution in [-0.2, 0) is 0 Å². The zero-order valence-electron chi connectivity index (χ0n) is 8.66. The van der Waals surface area contributed by atoms with Gasteiger partial charge in [-0.25, -0.2) is 4.79 Å². The fourth-order valence-electron chi connectivity index (χ4n) is 1.67. The second-order valence-corrected chi connectivity index (χ2v) is 4.03. The van der Waals surface area contributed by atoms with Crippen molar-refractivity contribution in [3.63, 3.8) is 0 Å². The quantitative estimate of drug-likeness (QED) is 0.640. The SMILES string of the molecule is CC(N)C1CCN(C(=O)N(C)C)C1. The number of urea groups is 1. The predicted molar refractivity (Wildman–Crippen MR) is 52.4 cm³/mol. The summed E-state index contributed by atoms with van der Waals surface area (Å²) >= 11 is 0. The van der Waals surface area contributed by atoms with Gasteiger partial charge in [-0.2, -0.15) is 0 Å². The van der Waals surface area contributed by atoms with E-state index in [2.05, 4.69) is 0 Å². The van der Waals surface area contributed by atoms with E-state index in [1.54, 1.807) is 19.0 Å². The Balaban J connectivity index is 2.45. The summed E-state index contributed by atoms with van der Waals surface area (Å²) in [6.45, 7) is 3.67. The zero-order valence-corrected chi connectivity index (χ0v) is 8.66. The van der Waals surface area contributed by atoms with Gasteiger partial charge in [-0.1, -0.05) is 0 Å². The van der Waals surface area contributed by atoms with E-state index in [1.807, 2.05) is 11.8 Å². The van der Waals surface area contributed by atoms with Crippen LogP contribution in [0.15, 0.2) is 0 Å². The minimum absolute atomic E-state index is 0.100. The number of hydrogen-bond donors (Lipinski definition) is 1. The topological polar surface area (TPSA) is 49.6 Å². The molecule has 0 saturated carbocycles. The largest absolute Gasteiger partial charge is 0.331 e. The number of carbonyl (C=O) groups excluding carboxylic acids is 1. The summed E-state index contributed by atoms with van der Waals surface area (Å²) in [6, 6.07) is 0.295. The molecule has 1 fully saturated rings. The number of carbonyl (C=O) groups is 1. The summed E-state index contributed by atoms with van der Waals surface area (Å²) < 4.78 is 0. The van der Waals surface area contributed by atoms with Gasteiger partial charge in [0.05, 0.1) is 0 Å². The van der Waals surface area contributed by atoms with Crippen LogP contribution in [0.1, 0.15) is 13.3 Å². The minimum Gasteiger partial charge on any atom is -0.331 e. The lowest BCUT2D eigenvalue weighted by molar-refractivity contribution is 0.179. The van der Waals surface area contributed by atoms with Gasteiger partial charge in [0.2, 0.25) is 0 Å². The normalized spacial score (nSPS) is 24.6. The minimum atomic E-state index is 0.100. The monoisotopic (exact) mass is 185 g/mol. The van der Waals surface area contributed by atoms with Gasteiger partial charge >= 0.3 is 6.03 Å². The lowest BCUT2D eigenvalue weighted by Gasteiger charge is -2.21. The third-order valence-corrected chi connectivity index (χ3v) is 2.62. The summed E-state index contributed by atoms with van der Waals surface area (Å²) in [4.78, 5) is 15.0. The van der Waals surface area contributed by atoms with Crippen LogP contribution in [0.2, 0.25) is 0 Å². The van der Waals surface area contributed by atoms with E-state index < -0.39 is 0 Å². The summed E-state index contributed by atoms with van der Waals surface area (Å²) in [7, 11) is 3.56. The fraction of sp³-hybridized carbons (Fsp3) is 0.889. The lowest BCUT2D eigenvalue weighted by Crippen LogP contribution is -2.39. The number of hydrogen-bond acceptors (Lipinski definition) is 2. The molecule has 13 heavy (non-hydrogen) atoms. The van der Waals surface area contributed by atoms with Gasteiger partial charge in [0.25, 0.3) is 0 Å². The van der Waals surface area contributed by atoms with Crippen LogP contribution in [0, 0.1) is 5.92 Å². The molecule has 4 nitrogen and oxygen atoms in total. The standard InChI is InChI=1S/C9H19N3O/c1-7(10)8-4-5-12(6-8)9(13)11(2)3/h7-8H,4-6,10H2,1-3H3. The summed E-state index contributed by atoms with van der Waals surface area (Å²) in [5, 5.41) is 0. The van der Waals surface area contributed by atoms with Gasteiger partial charge in [-0.15, -0.1) is 0 Å². The van der Waals surface area contributed by atoms with E-state index in [9.17, 15) is 4.79 Å². The van der Waals surface area contributed by atoms with Gasteiger partial charge in [0.15, 0.2) is 0 Å². The Labute approximate surface area is 79.7 Å². The highest BCUT2D eigenvalue weighted by molar-refractivity contribution is 5.74. The first-order valence-electron chi connectivity index (χ1n) is 4.74. The average Bonchev–Trinajstić information content (AvgIpc) is 2.50. The Bertz CT molecular complexity index is 191. The van der Waals surface area contributed by atoms with Crippen LogP contribution in [0.3, 0.4) is 0 Å². The maximum absolute atomic E-state index is 11.5. The lowest BCUT2D eigenvalue weighted by atomic mass is 10.0. The van der Waals surface area contributed by atoms with Crippen molar-refractivity contribution in [1.82, 2.24) is 9.80 Å². The zero-order chi connectivity index (χ0) is 10.0. The van der Waals surface area contributed by atoms with Crippen LogP contribution in [0.4, 0.5) is 4.79 Å². The van der Waals surface area contributed by atoms with Crippen molar-refractivity contribution in [2.24, 2.45) is 11.7 Å². The third kappa shape index (κ3) is 2.34. The molecule has 0 aromatic carbocycles. The van der Waals surface area contributed by atoms with Crippen molar-refractivity contribution >= 4 is 6.03 Å². The molecule has 0 bridgehead atoms. The highest BCUT2D eigenvalue weighted by Gasteiger charge is 2.28. The molecule has 4 heteroatoms. The Hall–Kier alpha value is -0.770. The Kier molecular flexibility index (Phi) is 3.14. The Morgan fingerprint density at radius 1 is 1.62 bits per heavy atom. The molecule has 0 spiro atoms. The first-order valence-corrected chi connectivity index (χ1v) is 4.74. The molecule has 2 unspecified atom stereocenters. The fourth-order valence-corrected chi connectivity index (χ4v) is 1.67. The molecule has 2 atom stereocenters. The number of amides is 2. The maximum Gasteiger partial charge on any atom is 0.319 e. The highest BCUT2D eigenvalue weighted by Crippen LogP contribution is 2.19. The molecule has 1 aliphatic heterocycles. The number of nitrogens with two attached hydrogens (primary N) is 1. The van der Waals surface area contributed by atoms with Gasteiger partial charge in [0.1, 0.15) is 0 Å². The first-order chi connectivity index (χ1) is 6.02. The molecule has 0 radical (unpaired) electrons. The van der Waals surface area contributed by atoms with Crippen molar-refractivity contribution < 1.29 is 4.79 Å². The van der Waals surface area contributed by atoms with Crippen LogP contribution >= 0.6 is 0 Å². The molecular formula is C9H19N3O. The van der Waals surface area contributed by atoms with Crippen molar-refractivity contribution in [3.05, 3.63) is 0 Å². The van der Waals surface area contributed by atoms with Gasteiger partial charge in [0, 0.05) is 33.2 Å². The van der Waals surface area contributed by atoms with Crippen molar-refractivity contribution in [1.29, 1.82) is 0 Å². The van der Waals surface area contributed by atoms with Crippen LogP contribution in [0.5, 0.6) is 0 Å². The molecule has 1 heterocycles. The average molecular weight is 185 g/mol. The molecule has 2 N–H and O–H groups in total. The molecular weight excluding hydrogens is 166 g/mol. The molecule has 0 aromatic rings. The maximum atomic E-state index is 11.5. The van der Waals surface area contributed by atoms with Crippen molar-refractivity contribution in [2.45, 2.75) is 19.4 Å². The predicted octanol–water partition coefficient (Wildman–Crippen LogP) is 0.337. The van der Waals surface area contributed by atoms with Crippen LogP contribution in [0.25, 0.3) is 0 Å². The first kappa shape index (κ1) is 10.3. The van der Waals surface area contributed by atoms with E-state index in [0.29, 0.717) is 5.92 Å². The smallest absolute Gasteiger partial charge is 0.319 e. The van der Waals surface area contributed by atoms with E-state index >= 15 is 0 Å². The summed E-state index contributed by atoms with van der Waals surface area (Å²) in [6.07, 6.45) is 1.04.